The first kappa shape index (κ1) is 15.6. The highest BCUT2D eigenvalue weighted by Crippen LogP contribution is 2.15. The predicted octanol–water partition coefficient (Wildman–Crippen LogP) is 1.86. The van der Waals surface area contributed by atoms with E-state index in [1.165, 1.54) is 0 Å². The Hall–Kier alpha value is -2.83. The zero-order chi connectivity index (χ0) is 15.9. The highest BCUT2D eigenvalue weighted by atomic mass is 16.5. The normalized spacial score (nSPS) is 11.7. The number of imidazole rings is 1. The summed E-state index contributed by atoms with van der Waals surface area (Å²) < 4.78 is 6.77. The van der Waals surface area contributed by atoms with E-state index < -0.39 is 18.1 Å². The molecule has 0 spiro atoms. The van der Waals surface area contributed by atoms with Crippen molar-refractivity contribution in [2.75, 3.05) is 0 Å². The van der Waals surface area contributed by atoms with Gasteiger partial charge >= 0.3 is 12.1 Å². The lowest BCUT2D eigenvalue weighted by atomic mass is 10.1. The summed E-state index contributed by atoms with van der Waals surface area (Å²) in [6.45, 7) is 0.120. The molecule has 0 aliphatic rings. The van der Waals surface area contributed by atoms with E-state index in [4.69, 9.17) is 9.84 Å². The number of nitrogens with one attached hydrogen (secondary N) is 1. The fourth-order valence-corrected chi connectivity index (χ4v) is 1.92. The molecule has 1 heterocycles. The molecule has 7 nitrogen and oxygen atoms in total. The Balaban J connectivity index is 1.94. The molecule has 1 unspecified atom stereocenters. The van der Waals surface area contributed by atoms with Gasteiger partial charge in [-0.2, -0.15) is 0 Å². The lowest BCUT2D eigenvalue weighted by molar-refractivity contribution is -0.137. The first-order valence-electron chi connectivity index (χ1n) is 6.71. The standard InChI is InChI=1S/C15H17N3O4/c1-18-8-13(16-10-18)12(7-14(19)20)17-15(21)22-9-11-5-3-2-4-6-11/h2-6,8,10,12H,7,9H2,1H3,(H,17,21)(H,19,20). The Kier molecular flexibility index (Phi) is 5.13. The van der Waals surface area contributed by atoms with Crippen molar-refractivity contribution in [3.8, 4) is 0 Å². The van der Waals surface area contributed by atoms with Crippen molar-refractivity contribution >= 4 is 12.1 Å². The summed E-state index contributed by atoms with van der Waals surface area (Å²) in [7, 11) is 1.77. The first-order valence-corrected chi connectivity index (χ1v) is 6.71. The number of rotatable bonds is 6. The van der Waals surface area contributed by atoms with Crippen molar-refractivity contribution in [3.05, 3.63) is 54.1 Å². The van der Waals surface area contributed by atoms with Gasteiger partial charge in [0.25, 0.3) is 0 Å². The van der Waals surface area contributed by atoms with Crippen LogP contribution in [0.15, 0.2) is 42.9 Å². The Bertz CT molecular complexity index is 639. The van der Waals surface area contributed by atoms with Gasteiger partial charge < -0.3 is 19.7 Å². The molecule has 2 aromatic rings. The van der Waals surface area contributed by atoms with Crippen molar-refractivity contribution in [2.45, 2.75) is 19.1 Å². The molecule has 7 heteroatoms. The largest absolute Gasteiger partial charge is 0.481 e. The van der Waals surface area contributed by atoms with E-state index in [-0.39, 0.29) is 13.0 Å². The van der Waals surface area contributed by atoms with Gasteiger partial charge in [0.1, 0.15) is 6.61 Å². The molecule has 1 amide bonds. The van der Waals surface area contributed by atoms with Crippen molar-refractivity contribution in [1.29, 1.82) is 0 Å². The second-order valence-electron chi connectivity index (χ2n) is 4.82. The van der Waals surface area contributed by atoms with Gasteiger partial charge in [-0.05, 0) is 5.56 Å². The quantitative estimate of drug-likeness (QED) is 0.849. The van der Waals surface area contributed by atoms with Gasteiger partial charge in [-0.1, -0.05) is 30.3 Å². The number of carboxylic acids is 1. The molecule has 0 radical (unpaired) electrons. The summed E-state index contributed by atoms with van der Waals surface area (Å²) in [5.74, 6) is -1.03. The SMILES string of the molecule is Cn1cnc(C(CC(=O)O)NC(=O)OCc2ccccc2)c1. The fourth-order valence-electron chi connectivity index (χ4n) is 1.92. The van der Waals surface area contributed by atoms with Gasteiger partial charge in [0.05, 0.1) is 24.5 Å². The topological polar surface area (TPSA) is 93.5 Å². The van der Waals surface area contributed by atoms with E-state index in [2.05, 4.69) is 10.3 Å². The highest BCUT2D eigenvalue weighted by Gasteiger charge is 2.20. The lowest BCUT2D eigenvalue weighted by Crippen LogP contribution is -2.31. The average molecular weight is 303 g/mol. The second kappa shape index (κ2) is 7.26. The van der Waals surface area contributed by atoms with E-state index >= 15 is 0 Å². The van der Waals surface area contributed by atoms with Crippen LogP contribution in [0, 0.1) is 0 Å². The number of amides is 1. The summed E-state index contributed by atoms with van der Waals surface area (Å²) in [5, 5.41) is 11.5. The summed E-state index contributed by atoms with van der Waals surface area (Å²) >= 11 is 0. The third-order valence-corrected chi connectivity index (χ3v) is 2.97. The van der Waals surface area contributed by atoms with Crippen LogP contribution in [0.5, 0.6) is 0 Å². The molecule has 0 saturated carbocycles. The van der Waals surface area contributed by atoms with E-state index in [1.54, 1.807) is 24.1 Å². The first-order chi connectivity index (χ1) is 10.5. The molecule has 0 saturated heterocycles. The van der Waals surface area contributed by atoms with E-state index in [1.807, 2.05) is 30.3 Å². The number of aliphatic carboxylic acids is 1. The molecule has 1 aromatic heterocycles. The van der Waals surface area contributed by atoms with Crippen LogP contribution in [0.2, 0.25) is 0 Å². The van der Waals surface area contributed by atoms with Crippen LogP contribution in [-0.2, 0) is 23.2 Å². The number of aryl methyl sites for hydroxylation is 1. The maximum Gasteiger partial charge on any atom is 0.408 e. The Labute approximate surface area is 127 Å². The number of aromatic nitrogens is 2. The van der Waals surface area contributed by atoms with Crippen LogP contribution in [-0.4, -0.2) is 26.7 Å². The maximum atomic E-state index is 11.8. The smallest absolute Gasteiger partial charge is 0.408 e. The minimum absolute atomic E-state index is 0.120. The van der Waals surface area contributed by atoms with Crippen molar-refractivity contribution in [3.63, 3.8) is 0 Å². The highest BCUT2D eigenvalue weighted by molar-refractivity contribution is 5.71. The van der Waals surface area contributed by atoms with Crippen molar-refractivity contribution in [2.24, 2.45) is 7.05 Å². The number of ether oxygens (including phenoxy) is 1. The molecule has 2 rings (SSSR count). The van der Waals surface area contributed by atoms with Crippen LogP contribution >= 0.6 is 0 Å². The Morgan fingerprint density at radius 2 is 2.09 bits per heavy atom. The maximum absolute atomic E-state index is 11.8. The average Bonchev–Trinajstić information content (AvgIpc) is 2.92. The third kappa shape index (κ3) is 4.62. The number of hydrogen-bond acceptors (Lipinski definition) is 4. The summed E-state index contributed by atoms with van der Waals surface area (Å²) in [5.41, 5.74) is 1.33. The summed E-state index contributed by atoms with van der Waals surface area (Å²) in [4.78, 5) is 26.8. The number of nitrogens with zero attached hydrogens (tertiary/aromatic N) is 2. The van der Waals surface area contributed by atoms with Crippen LogP contribution in [0.1, 0.15) is 23.7 Å². The molecule has 0 aliphatic heterocycles. The predicted molar refractivity (Wildman–Crippen MR) is 78.0 cm³/mol. The van der Waals surface area contributed by atoms with Gasteiger partial charge in [-0.25, -0.2) is 9.78 Å². The van der Waals surface area contributed by atoms with Crippen molar-refractivity contribution < 1.29 is 19.4 Å². The molecular weight excluding hydrogens is 286 g/mol. The minimum Gasteiger partial charge on any atom is -0.481 e. The van der Waals surface area contributed by atoms with Crippen molar-refractivity contribution in [1.82, 2.24) is 14.9 Å². The van der Waals surface area contributed by atoms with E-state index in [0.717, 1.165) is 5.56 Å². The zero-order valence-corrected chi connectivity index (χ0v) is 12.1. The lowest BCUT2D eigenvalue weighted by Gasteiger charge is -2.15. The minimum atomic E-state index is -1.03. The molecular formula is C15H17N3O4. The molecule has 22 heavy (non-hydrogen) atoms. The van der Waals surface area contributed by atoms with Crippen LogP contribution in [0.3, 0.4) is 0 Å². The van der Waals surface area contributed by atoms with E-state index in [0.29, 0.717) is 5.69 Å². The number of alkyl carbamates (subject to hydrolysis) is 1. The molecule has 0 bridgehead atoms. The van der Waals surface area contributed by atoms with Gasteiger partial charge in [0.2, 0.25) is 0 Å². The van der Waals surface area contributed by atoms with Crippen LogP contribution in [0.25, 0.3) is 0 Å². The number of hydrogen-bond donors (Lipinski definition) is 2. The second-order valence-corrected chi connectivity index (χ2v) is 4.82. The fraction of sp³-hybridized carbons (Fsp3) is 0.267. The van der Waals surface area contributed by atoms with Crippen LogP contribution < -0.4 is 5.32 Å². The summed E-state index contributed by atoms with van der Waals surface area (Å²) in [6, 6.07) is 8.49. The molecule has 0 aliphatic carbocycles. The summed E-state index contributed by atoms with van der Waals surface area (Å²) in [6.07, 6.45) is 2.25. The molecule has 116 valence electrons. The molecule has 0 fully saturated rings. The van der Waals surface area contributed by atoms with E-state index in [9.17, 15) is 9.59 Å². The molecule has 1 atom stereocenters. The zero-order valence-electron chi connectivity index (χ0n) is 12.1. The third-order valence-electron chi connectivity index (χ3n) is 2.97. The monoisotopic (exact) mass is 303 g/mol. The van der Waals surface area contributed by atoms with Gasteiger partial charge in [-0.15, -0.1) is 0 Å². The molecule has 1 aromatic carbocycles. The van der Waals surface area contributed by atoms with Gasteiger partial charge in [0.15, 0.2) is 0 Å². The number of benzene rings is 1. The van der Waals surface area contributed by atoms with Crippen LogP contribution in [0.4, 0.5) is 4.79 Å². The Morgan fingerprint density at radius 1 is 1.36 bits per heavy atom. The number of carbonyl (C=O) groups excluding carboxylic acids is 1. The van der Waals surface area contributed by atoms with Gasteiger partial charge in [0, 0.05) is 13.2 Å². The molecule has 2 N–H and O–H groups in total. The van der Waals surface area contributed by atoms with Gasteiger partial charge in [-0.3, -0.25) is 4.79 Å². The Morgan fingerprint density at radius 3 is 2.68 bits per heavy atom. The number of carboxylic acid groups (broad SMARTS) is 1. The number of carbonyl (C=O) groups is 2.